The van der Waals surface area contributed by atoms with Crippen LogP contribution in [-0.4, -0.2) is 60.0 Å². The van der Waals surface area contributed by atoms with Crippen LogP contribution in [0.25, 0.3) is 0 Å². The Hall–Kier alpha value is -2.77. The molecular formula is C22H33N5O3. The van der Waals surface area contributed by atoms with Crippen LogP contribution in [0.3, 0.4) is 0 Å². The number of benzene rings is 1. The van der Waals surface area contributed by atoms with Gasteiger partial charge < -0.3 is 26.0 Å². The Morgan fingerprint density at radius 3 is 2.07 bits per heavy atom. The molecule has 1 saturated carbocycles. The third-order valence-electron chi connectivity index (χ3n) is 5.76. The van der Waals surface area contributed by atoms with Crippen LogP contribution in [0.2, 0.25) is 0 Å². The molecule has 0 spiro atoms. The van der Waals surface area contributed by atoms with Gasteiger partial charge in [-0.1, -0.05) is 31.4 Å². The summed E-state index contributed by atoms with van der Waals surface area (Å²) in [6.45, 7) is 2.09. The number of rotatable bonds is 4. The third-order valence-corrected chi connectivity index (χ3v) is 5.76. The van der Waals surface area contributed by atoms with Crippen molar-refractivity contribution in [1.29, 1.82) is 0 Å². The second kappa shape index (κ2) is 10.8. The highest BCUT2D eigenvalue weighted by Gasteiger charge is 2.27. The van der Waals surface area contributed by atoms with Crippen LogP contribution in [0.15, 0.2) is 29.3 Å². The molecule has 8 heteroatoms. The van der Waals surface area contributed by atoms with Gasteiger partial charge >= 0.3 is 6.09 Å². The largest absolute Gasteiger partial charge is 0.446 e. The Morgan fingerprint density at radius 2 is 1.47 bits per heavy atom. The molecule has 0 radical (unpaired) electrons. The van der Waals surface area contributed by atoms with Gasteiger partial charge in [0.05, 0.1) is 12.1 Å². The number of nitrogens with zero attached hydrogens (tertiary/aromatic N) is 3. The third kappa shape index (κ3) is 6.64. The molecule has 164 valence electrons. The van der Waals surface area contributed by atoms with Crippen molar-refractivity contribution in [3.63, 3.8) is 0 Å². The quantitative estimate of drug-likeness (QED) is 0.579. The molecule has 0 atom stereocenters. The summed E-state index contributed by atoms with van der Waals surface area (Å²) in [6, 6.07) is 7.27. The minimum absolute atomic E-state index is 0.00441. The summed E-state index contributed by atoms with van der Waals surface area (Å²) in [6.07, 6.45) is 8.06. The molecule has 1 aromatic rings. The van der Waals surface area contributed by atoms with Crippen LogP contribution in [-0.2, 0) is 16.0 Å². The second-order valence-corrected chi connectivity index (χ2v) is 8.10. The van der Waals surface area contributed by atoms with E-state index < -0.39 is 0 Å². The van der Waals surface area contributed by atoms with Gasteiger partial charge in [-0.2, -0.15) is 0 Å². The zero-order valence-corrected chi connectivity index (χ0v) is 17.6. The number of aliphatic imine (C=N–C) groups is 1. The highest BCUT2D eigenvalue weighted by Crippen LogP contribution is 2.20. The lowest BCUT2D eigenvalue weighted by molar-refractivity contribution is -0.132. The van der Waals surface area contributed by atoms with Crippen LogP contribution in [0.1, 0.15) is 50.5 Å². The second-order valence-electron chi connectivity index (χ2n) is 8.10. The summed E-state index contributed by atoms with van der Waals surface area (Å²) >= 11 is 0. The minimum Gasteiger partial charge on any atom is -0.446 e. The van der Waals surface area contributed by atoms with Gasteiger partial charge in [-0.3, -0.25) is 4.79 Å². The van der Waals surface area contributed by atoms with Crippen molar-refractivity contribution < 1.29 is 14.3 Å². The minimum atomic E-state index is -0.233. The van der Waals surface area contributed by atoms with E-state index >= 15 is 0 Å². The number of hydrogen-bond donors (Lipinski definition) is 2. The lowest BCUT2D eigenvalue weighted by atomic mass is 9.99. The molecule has 2 fully saturated rings. The van der Waals surface area contributed by atoms with E-state index in [1.54, 1.807) is 17.0 Å². The molecule has 1 saturated heterocycles. The molecule has 8 nitrogen and oxygen atoms in total. The molecule has 1 aromatic carbocycles. The first-order valence-electron chi connectivity index (χ1n) is 10.9. The molecule has 1 heterocycles. The van der Waals surface area contributed by atoms with Gasteiger partial charge in [0, 0.05) is 26.2 Å². The van der Waals surface area contributed by atoms with E-state index in [1.807, 2.05) is 17.0 Å². The van der Waals surface area contributed by atoms with Crippen molar-refractivity contribution in [3.05, 3.63) is 29.8 Å². The van der Waals surface area contributed by atoms with Gasteiger partial charge in [0.15, 0.2) is 5.96 Å². The van der Waals surface area contributed by atoms with Gasteiger partial charge in [0.25, 0.3) is 0 Å². The fourth-order valence-electron chi connectivity index (χ4n) is 4.02. The zero-order chi connectivity index (χ0) is 21.3. The summed E-state index contributed by atoms with van der Waals surface area (Å²) in [4.78, 5) is 32.6. The van der Waals surface area contributed by atoms with Gasteiger partial charge in [-0.25, -0.2) is 9.79 Å². The maximum Gasteiger partial charge on any atom is 0.410 e. The number of hydrogen-bond acceptors (Lipinski definition) is 4. The number of carbonyl (C=O) groups excluding carboxylic acids is 2. The number of nitrogens with two attached hydrogens (primary N) is 2. The van der Waals surface area contributed by atoms with E-state index in [0.717, 1.165) is 31.2 Å². The Morgan fingerprint density at radius 1 is 0.900 bits per heavy atom. The predicted molar refractivity (Wildman–Crippen MR) is 116 cm³/mol. The molecule has 1 aliphatic heterocycles. The Kier molecular flexibility index (Phi) is 7.93. The summed E-state index contributed by atoms with van der Waals surface area (Å²) in [5.74, 6) is 0.0578. The van der Waals surface area contributed by atoms with E-state index in [4.69, 9.17) is 16.2 Å². The van der Waals surface area contributed by atoms with Gasteiger partial charge in [0.1, 0.15) is 6.10 Å². The summed E-state index contributed by atoms with van der Waals surface area (Å²) in [7, 11) is 0. The molecular weight excluding hydrogens is 382 g/mol. The molecule has 1 aliphatic carbocycles. The highest BCUT2D eigenvalue weighted by atomic mass is 16.6. The van der Waals surface area contributed by atoms with Crippen LogP contribution in [0.4, 0.5) is 10.5 Å². The number of piperazine rings is 1. The molecule has 2 amide bonds. The van der Waals surface area contributed by atoms with Gasteiger partial charge in [-0.15, -0.1) is 0 Å². The number of amides is 2. The summed E-state index contributed by atoms with van der Waals surface area (Å²) in [5.41, 5.74) is 12.3. The first-order valence-corrected chi connectivity index (χ1v) is 10.9. The topological polar surface area (TPSA) is 114 Å². The van der Waals surface area contributed by atoms with Gasteiger partial charge in [0.2, 0.25) is 5.91 Å². The zero-order valence-electron chi connectivity index (χ0n) is 17.6. The van der Waals surface area contributed by atoms with Crippen LogP contribution in [0.5, 0.6) is 0 Å². The number of ether oxygens (including phenoxy) is 1. The van der Waals surface area contributed by atoms with Crippen molar-refractivity contribution in [2.24, 2.45) is 16.5 Å². The first kappa shape index (κ1) is 21.9. The Bertz CT molecular complexity index is 730. The van der Waals surface area contributed by atoms with E-state index in [0.29, 0.717) is 38.3 Å². The Labute approximate surface area is 178 Å². The Balaban J connectivity index is 1.43. The van der Waals surface area contributed by atoms with Crippen molar-refractivity contribution in [2.45, 2.75) is 57.5 Å². The van der Waals surface area contributed by atoms with Crippen molar-refractivity contribution in [3.8, 4) is 0 Å². The number of guanidine groups is 1. The lowest BCUT2D eigenvalue weighted by Crippen LogP contribution is -2.51. The predicted octanol–water partition coefficient (Wildman–Crippen LogP) is 2.53. The SMILES string of the molecule is NC(N)=Nc1ccc(CC(=O)N2CCN(C(=O)OC3CCCCCCC3)CC2)cc1. The molecule has 0 aromatic heterocycles. The number of carbonyl (C=O) groups is 2. The average molecular weight is 416 g/mol. The standard InChI is InChI=1S/C22H33N5O3/c23-21(24)25-18-10-8-17(9-11-18)16-20(28)26-12-14-27(15-13-26)22(29)30-19-6-4-2-1-3-5-7-19/h8-11,19H,1-7,12-16H2,(H4,23,24,25). The van der Waals surface area contributed by atoms with E-state index in [9.17, 15) is 9.59 Å². The molecule has 2 aliphatic rings. The maximum absolute atomic E-state index is 12.6. The average Bonchev–Trinajstić information content (AvgIpc) is 2.71. The van der Waals surface area contributed by atoms with Crippen LogP contribution in [0, 0.1) is 0 Å². The van der Waals surface area contributed by atoms with Gasteiger partial charge in [-0.05, 0) is 43.4 Å². The molecule has 0 bridgehead atoms. The fraction of sp³-hybridized carbons (Fsp3) is 0.591. The molecule has 30 heavy (non-hydrogen) atoms. The normalized spacial score (nSPS) is 18.3. The summed E-state index contributed by atoms with van der Waals surface area (Å²) < 4.78 is 5.75. The van der Waals surface area contributed by atoms with Crippen LogP contribution >= 0.6 is 0 Å². The lowest BCUT2D eigenvalue weighted by Gasteiger charge is -2.35. The van der Waals surface area contributed by atoms with Crippen molar-refractivity contribution >= 4 is 23.6 Å². The highest BCUT2D eigenvalue weighted by molar-refractivity contribution is 5.80. The maximum atomic E-state index is 12.6. The van der Waals surface area contributed by atoms with Crippen molar-refractivity contribution in [2.75, 3.05) is 26.2 Å². The van der Waals surface area contributed by atoms with Crippen LogP contribution < -0.4 is 11.5 Å². The fourth-order valence-corrected chi connectivity index (χ4v) is 4.02. The molecule has 0 unspecified atom stereocenters. The monoisotopic (exact) mass is 415 g/mol. The van der Waals surface area contributed by atoms with E-state index in [1.165, 1.54) is 19.3 Å². The van der Waals surface area contributed by atoms with E-state index in [-0.39, 0.29) is 24.1 Å². The smallest absolute Gasteiger partial charge is 0.410 e. The van der Waals surface area contributed by atoms with E-state index in [2.05, 4.69) is 4.99 Å². The van der Waals surface area contributed by atoms with Crippen molar-refractivity contribution in [1.82, 2.24) is 9.80 Å². The summed E-state index contributed by atoms with van der Waals surface area (Å²) in [5, 5.41) is 0. The first-order chi connectivity index (χ1) is 14.5. The molecule has 4 N–H and O–H groups in total. The molecule has 3 rings (SSSR count).